The Morgan fingerprint density at radius 1 is 0.520 bits per heavy atom. The fraction of sp³-hybridized carbons (Fsp3) is 0.0698. The van der Waals surface area contributed by atoms with Crippen LogP contribution in [0, 0.1) is 0 Å². The van der Waals surface area contributed by atoms with Crippen molar-refractivity contribution in [3.05, 3.63) is 209 Å². The summed E-state index contributed by atoms with van der Waals surface area (Å²) in [5.74, 6) is -0.752. The molecule has 0 radical (unpaired) electrons. The summed E-state index contributed by atoms with van der Waals surface area (Å²) in [5, 5.41) is 9.48. The first-order valence-electron chi connectivity index (χ1n) is 15.7. The number of carbonyl (C=O) groups is 4. The van der Waals surface area contributed by atoms with Crippen LogP contribution in [0.25, 0.3) is 0 Å². The molecule has 252 valence electrons. The second kappa shape index (κ2) is 22.1. The molecule has 1 N–H and O–H groups in total. The van der Waals surface area contributed by atoms with Gasteiger partial charge in [-0.25, -0.2) is 4.79 Å². The van der Waals surface area contributed by atoms with Gasteiger partial charge in [-0.05, 0) is 23.3 Å². The molecular weight excluding hydrogens is 628 g/mol. The third-order valence-electron chi connectivity index (χ3n) is 6.63. The minimum atomic E-state index is -0.521. The third kappa shape index (κ3) is 14.4. The number of aromatic hydroxyl groups is 1. The summed E-state index contributed by atoms with van der Waals surface area (Å²) in [6.45, 7) is 1.98. The number of benzene rings is 6. The normalized spacial score (nSPS) is 9.46. The highest BCUT2D eigenvalue weighted by Crippen LogP contribution is 2.17. The monoisotopic (exact) mass is 666 g/mol. The first-order chi connectivity index (χ1) is 24.4. The van der Waals surface area contributed by atoms with E-state index < -0.39 is 5.97 Å². The molecule has 7 nitrogen and oxygen atoms in total. The van der Waals surface area contributed by atoms with Gasteiger partial charge >= 0.3 is 11.9 Å². The van der Waals surface area contributed by atoms with Crippen molar-refractivity contribution in [1.82, 2.24) is 0 Å². The highest BCUT2D eigenvalue weighted by Gasteiger charge is 2.11. The summed E-state index contributed by atoms with van der Waals surface area (Å²) in [5.41, 5.74) is 4.31. The Bertz CT molecular complexity index is 1820. The van der Waals surface area contributed by atoms with E-state index >= 15 is 0 Å². The maximum atomic E-state index is 11.8. The van der Waals surface area contributed by atoms with Gasteiger partial charge < -0.3 is 14.6 Å². The van der Waals surface area contributed by atoms with E-state index in [9.17, 15) is 24.3 Å². The van der Waals surface area contributed by atoms with Crippen LogP contribution in [-0.4, -0.2) is 29.1 Å². The van der Waals surface area contributed by atoms with Gasteiger partial charge in [0.2, 0.25) is 0 Å². The maximum absolute atomic E-state index is 11.8. The fourth-order valence-electron chi connectivity index (χ4n) is 4.08. The van der Waals surface area contributed by atoms with E-state index in [-0.39, 0.29) is 29.7 Å². The molecule has 0 saturated carbocycles. The van der Waals surface area contributed by atoms with Gasteiger partial charge in [0.15, 0.2) is 5.78 Å². The molecule has 0 saturated heterocycles. The van der Waals surface area contributed by atoms with Gasteiger partial charge in [0.1, 0.15) is 30.8 Å². The molecule has 0 aliphatic rings. The topological polar surface area (TPSA) is 107 Å². The standard InChI is InChI=1S/C14H12O3.C13H10O.C9H10O2.C7H6O/c15-13-9-5-4-8-12(13)14(16)17-10-11-6-2-1-3-7-11;14-13(11-7-3-1-4-8-11)12-9-5-2-6-10-12;1-8(10)11-7-9-5-3-2-4-6-9;8-6-7-4-2-1-3-5-7/h1-9,15H,10H2;1-10H;2-6H,7H2,1H3;1-6H. The average molecular weight is 667 g/mol. The number of phenolic OH excluding ortho intramolecular Hbond substituents is 1. The van der Waals surface area contributed by atoms with Crippen LogP contribution in [-0.2, 0) is 27.5 Å². The van der Waals surface area contributed by atoms with Crippen molar-refractivity contribution < 1.29 is 33.8 Å². The summed E-state index contributed by atoms with van der Waals surface area (Å²) in [6.07, 6.45) is 0.833. The number of ketones is 1. The number of phenols is 1. The Labute approximate surface area is 292 Å². The number of hydrogen-bond donors (Lipinski definition) is 1. The van der Waals surface area contributed by atoms with E-state index in [0.717, 1.165) is 34.1 Å². The number of hydrogen-bond acceptors (Lipinski definition) is 7. The Morgan fingerprint density at radius 3 is 1.30 bits per heavy atom. The first-order valence-corrected chi connectivity index (χ1v) is 15.7. The van der Waals surface area contributed by atoms with Gasteiger partial charge in [-0.3, -0.25) is 14.4 Å². The molecule has 0 aliphatic heterocycles. The van der Waals surface area contributed by atoms with Crippen molar-refractivity contribution in [1.29, 1.82) is 0 Å². The molecule has 0 heterocycles. The number of esters is 2. The van der Waals surface area contributed by atoms with E-state index in [1.165, 1.54) is 19.1 Å². The highest BCUT2D eigenvalue weighted by molar-refractivity contribution is 6.08. The average Bonchev–Trinajstić information content (AvgIpc) is 3.18. The van der Waals surface area contributed by atoms with Crippen molar-refractivity contribution >= 4 is 24.0 Å². The summed E-state index contributed by atoms with van der Waals surface area (Å²) in [7, 11) is 0. The molecular formula is C43H38O7. The van der Waals surface area contributed by atoms with Crippen LogP contribution in [0.5, 0.6) is 5.75 Å². The molecule has 0 amide bonds. The Morgan fingerprint density at radius 2 is 0.900 bits per heavy atom. The van der Waals surface area contributed by atoms with Crippen LogP contribution in [0.15, 0.2) is 176 Å². The van der Waals surface area contributed by atoms with Crippen molar-refractivity contribution in [3.63, 3.8) is 0 Å². The van der Waals surface area contributed by atoms with Gasteiger partial charge in [-0.1, -0.05) is 164 Å². The molecule has 0 aromatic heterocycles. The zero-order valence-electron chi connectivity index (χ0n) is 27.6. The largest absolute Gasteiger partial charge is 0.507 e. The van der Waals surface area contributed by atoms with Crippen LogP contribution in [0.1, 0.15) is 54.7 Å². The lowest BCUT2D eigenvalue weighted by molar-refractivity contribution is -0.142. The van der Waals surface area contributed by atoms with Gasteiger partial charge in [0.05, 0.1) is 0 Å². The zero-order valence-corrected chi connectivity index (χ0v) is 27.6. The number of aldehydes is 1. The van der Waals surface area contributed by atoms with Gasteiger partial charge in [-0.2, -0.15) is 0 Å². The summed E-state index contributed by atoms with van der Waals surface area (Å²) in [4.78, 5) is 43.9. The van der Waals surface area contributed by atoms with Gasteiger partial charge in [0.25, 0.3) is 0 Å². The quantitative estimate of drug-likeness (QED) is 0.0982. The van der Waals surface area contributed by atoms with E-state index in [0.29, 0.717) is 6.61 Å². The molecule has 0 unspecified atom stereocenters. The predicted molar refractivity (Wildman–Crippen MR) is 194 cm³/mol. The fourth-order valence-corrected chi connectivity index (χ4v) is 4.08. The maximum Gasteiger partial charge on any atom is 0.342 e. The lowest BCUT2D eigenvalue weighted by atomic mass is 10.0. The minimum Gasteiger partial charge on any atom is -0.507 e. The Balaban J connectivity index is 0.000000187. The molecule has 7 heteroatoms. The van der Waals surface area contributed by atoms with Crippen LogP contribution in [0.2, 0.25) is 0 Å². The second-order valence-corrected chi connectivity index (χ2v) is 10.4. The molecule has 0 atom stereocenters. The third-order valence-corrected chi connectivity index (χ3v) is 6.63. The van der Waals surface area contributed by atoms with Crippen LogP contribution in [0.3, 0.4) is 0 Å². The van der Waals surface area contributed by atoms with Crippen molar-refractivity contribution in [2.45, 2.75) is 20.1 Å². The van der Waals surface area contributed by atoms with Crippen LogP contribution < -0.4 is 0 Å². The number of para-hydroxylation sites is 1. The summed E-state index contributed by atoms with van der Waals surface area (Å²) in [6, 6.07) is 53.0. The van der Waals surface area contributed by atoms with Crippen molar-refractivity contribution in [2.24, 2.45) is 0 Å². The molecule has 0 fully saturated rings. The summed E-state index contributed by atoms with van der Waals surface area (Å²) < 4.78 is 9.89. The number of carbonyl (C=O) groups excluding carboxylic acids is 4. The van der Waals surface area contributed by atoms with Crippen LogP contribution >= 0.6 is 0 Å². The number of ether oxygens (including phenoxy) is 2. The van der Waals surface area contributed by atoms with Crippen LogP contribution in [0.4, 0.5) is 0 Å². The highest BCUT2D eigenvalue weighted by atomic mass is 16.5. The second-order valence-electron chi connectivity index (χ2n) is 10.4. The van der Waals surface area contributed by atoms with Gasteiger partial charge in [-0.15, -0.1) is 0 Å². The van der Waals surface area contributed by atoms with Crippen molar-refractivity contribution in [2.75, 3.05) is 0 Å². The van der Waals surface area contributed by atoms with E-state index in [1.807, 2.05) is 140 Å². The first kappa shape index (κ1) is 37.9. The van der Waals surface area contributed by atoms with Gasteiger partial charge in [0, 0.05) is 23.6 Å². The molecule has 0 aliphatic carbocycles. The molecule has 50 heavy (non-hydrogen) atoms. The minimum absolute atomic E-state index is 0.0643. The van der Waals surface area contributed by atoms with E-state index in [1.54, 1.807) is 24.3 Å². The molecule has 6 aromatic rings. The molecule has 6 rings (SSSR count). The smallest absolute Gasteiger partial charge is 0.342 e. The Kier molecular flexibility index (Phi) is 16.7. The SMILES string of the molecule is CC(=O)OCc1ccccc1.O=C(OCc1ccccc1)c1ccccc1O.O=C(c1ccccc1)c1ccccc1.O=Cc1ccccc1. The lowest BCUT2D eigenvalue weighted by Gasteiger charge is -2.05. The van der Waals surface area contributed by atoms with E-state index in [4.69, 9.17) is 9.47 Å². The molecule has 6 aromatic carbocycles. The van der Waals surface area contributed by atoms with Crippen molar-refractivity contribution in [3.8, 4) is 5.75 Å². The number of rotatable bonds is 8. The summed E-state index contributed by atoms with van der Waals surface area (Å²) >= 11 is 0. The van der Waals surface area contributed by atoms with E-state index in [2.05, 4.69) is 0 Å². The Hall–Kier alpha value is -6.60. The predicted octanol–water partition coefficient (Wildman–Crippen LogP) is 8.92. The molecule has 0 spiro atoms. The molecule has 0 bridgehead atoms. The zero-order chi connectivity index (χ0) is 35.8. The lowest BCUT2D eigenvalue weighted by Crippen LogP contribution is -2.05.